The fourth-order valence-corrected chi connectivity index (χ4v) is 2.99. The van der Waals surface area contributed by atoms with E-state index in [1.54, 1.807) is 6.07 Å². The number of halogens is 1. The van der Waals surface area contributed by atoms with Crippen molar-refractivity contribution in [2.45, 2.75) is 39.3 Å². The van der Waals surface area contributed by atoms with Crippen molar-refractivity contribution in [3.8, 4) is 0 Å². The molecule has 0 saturated heterocycles. The fraction of sp³-hybridized carbons (Fsp3) is 0.533. The lowest BCUT2D eigenvalue weighted by Gasteiger charge is -2.52. The van der Waals surface area contributed by atoms with Crippen LogP contribution >= 0.6 is 23.8 Å². The second kappa shape index (κ2) is 5.88. The highest BCUT2D eigenvalue weighted by Crippen LogP contribution is 2.44. The van der Waals surface area contributed by atoms with Gasteiger partial charge in [0.2, 0.25) is 0 Å². The molecule has 20 heavy (non-hydrogen) atoms. The van der Waals surface area contributed by atoms with Crippen LogP contribution in [0.5, 0.6) is 0 Å². The minimum atomic E-state index is 0.0864. The van der Waals surface area contributed by atoms with Crippen molar-refractivity contribution >= 4 is 34.5 Å². The molecule has 3 N–H and O–H groups in total. The van der Waals surface area contributed by atoms with Gasteiger partial charge >= 0.3 is 0 Å². The Morgan fingerprint density at radius 1 is 1.55 bits per heavy atom. The number of anilines is 1. The molecule has 0 amide bonds. The highest BCUT2D eigenvalue weighted by molar-refractivity contribution is 7.80. The number of hydrogen-bond donors (Lipinski definition) is 2. The van der Waals surface area contributed by atoms with Gasteiger partial charge in [0.1, 0.15) is 4.99 Å². The summed E-state index contributed by atoms with van der Waals surface area (Å²) in [5.74, 6) is 0. The molecule has 2 rings (SSSR count). The number of thiocarbonyl (C=S) groups is 1. The minimum absolute atomic E-state index is 0.0864. The van der Waals surface area contributed by atoms with E-state index in [1.165, 1.54) is 0 Å². The Labute approximate surface area is 130 Å². The Hall–Kier alpha value is -0.840. The zero-order valence-electron chi connectivity index (χ0n) is 12.1. The fourth-order valence-electron chi connectivity index (χ4n) is 2.65. The third-order valence-electron chi connectivity index (χ3n) is 4.12. The van der Waals surface area contributed by atoms with Gasteiger partial charge in [0, 0.05) is 34.3 Å². The maximum atomic E-state index is 6.00. The molecular weight excluding hydrogens is 292 g/mol. The van der Waals surface area contributed by atoms with Crippen LogP contribution in [0.1, 0.15) is 32.8 Å². The molecule has 1 aromatic carbocycles. The highest BCUT2D eigenvalue weighted by atomic mass is 35.5. The topological polar surface area (TPSA) is 47.3 Å². The molecule has 1 saturated carbocycles. The summed E-state index contributed by atoms with van der Waals surface area (Å²) in [5, 5.41) is 4.17. The maximum absolute atomic E-state index is 6.00. The van der Waals surface area contributed by atoms with Gasteiger partial charge in [-0.15, -0.1) is 0 Å². The smallest absolute Gasteiger partial charge is 0.106 e. The molecule has 110 valence electrons. The van der Waals surface area contributed by atoms with E-state index < -0.39 is 0 Å². The van der Waals surface area contributed by atoms with E-state index >= 15 is 0 Å². The van der Waals surface area contributed by atoms with Crippen molar-refractivity contribution in [3.05, 3.63) is 28.8 Å². The summed E-state index contributed by atoms with van der Waals surface area (Å²) in [5.41, 5.74) is 7.59. The number of ether oxygens (including phenoxy) is 1. The second-order valence-electron chi connectivity index (χ2n) is 5.75. The molecule has 0 bridgehead atoms. The second-order valence-corrected chi connectivity index (χ2v) is 6.63. The van der Waals surface area contributed by atoms with E-state index in [4.69, 9.17) is 34.3 Å². The molecule has 5 heteroatoms. The van der Waals surface area contributed by atoms with Crippen LogP contribution in [-0.4, -0.2) is 23.7 Å². The lowest BCUT2D eigenvalue weighted by molar-refractivity contribution is -0.0975. The predicted molar refractivity (Wildman–Crippen MR) is 88.6 cm³/mol. The van der Waals surface area contributed by atoms with Crippen molar-refractivity contribution in [1.82, 2.24) is 0 Å². The van der Waals surface area contributed by atoms with Gasteiger partial charge in [-0.1, -0.05) is 37.7 Å². The van der Waals surface area contributed by atoms with Gasteiger partial charge in [0.05, 0.1) is 6.10 Å². The first-order chi connectivity index (χ1) is 9.36. The van der Waals surface area contributed by atoms with Crippen LogP contribution in [0.15, 0.2) is 18.2 Å². The Kier molecular flexibility index (Phi) is 4.57. The number of rotatable bonds is 5. The van der Waals surface area contributed by atoms with Crippen LogP contribution in [0.4, 0.5) is 5.69 Å². The Balaban J connectivity index is 2.14. The molecule has 1 aliphatic carbocycles. The van der Waals surface area contributed by atoms with Gasteiger partial charge in [0.25, 0.3) is 0 Å². The van der Waals surface area contributed by atoms with Gasteiger partial charge in [-0.05, 0) is 31.5 Å². The van der Waals surface area contributed by atoms with Crippen LogP contribution in [0.2, 0.25) is 5.02 Å². The first-order valence-electron chi connectivity index (χ1n) is 6.83. The number of nitrogens with two attached hydrogens (primary N) is 1. The van der Waals surface area contributed by atoms with Crippen molar-refractivity contribution in [3.63, 3.8) is 0 Å². The standard InChI is InChI=1S/C15H21ClN2OS/c1-4-19-13-8-12(15(13,2)3)18-11-6-5-9(16)7-10(11)14(17)20/h5-7,12-13,18H,4,8H2,1-3H3,(H2,17,20). The van der Waals surface area contributed by atoms with Crippen LogP contribution < -0.4 is 11.1 Å². The van der Waals surface area contributed by atoms with Crippen LogP contribution in [0.3, 0.4) is 0 Å². The summed E-state index contributed by atoms with van der Waals surface area (Å²) in [6.07, 6.45) is 1.28. The highest BCUT2D eigenvalue weighted by Gasteiger charge is 2.49. The molecule has 0 heterocycles. The molecule has 1 fully saturated rings. The summed E-state index contributed by atoms with van der Waals surface area (Å²) in [4.78, 5) is 0.355. The summed E-state index contributed by atoms with van der Waals surface area (Å²) < 4.78 is 5.75. The van der Waals surface area contributed by atoms with E-state index in [0.29, 0.717) is 22.2 Å². The normalized spacial score (nSPS) is 24.0. The molecule has 0 aromatic heterocycles. The van der Waals surface area contributed by atoms with E-state index in [9.17, 15) is 0 Å². The SMILES string of the molecule is CCOC1CC(Nc2ccc(Cl)cc2C(N)=S)C1(C)C. The lowest BCUT2D eigenvalue weighted by atomic mass is 9.64. The molecule has 0 aliphatic heterocycles. The number of benzene rings is 1. The molecule has 1 aliphatic rings. The van der Waals surface area contributed by atoms with E-state index in [1.807, 2.05) is 19.1 Å². The Bertz CT molecular complexity index is 519. The van der Waals surface area contributed by atoms with Crippen molar-refractivity contribution < 1.29 is 4.74 Å². The molecule has 3 nitrogen and oxygen atoms in total. The minimum Gasteiger partial charge on any atom is -0.389 e. The number of nitrogens with one attached hydrogen (secondary N) is 1. The lowest BCUT2D eigenvalue weighted by Crippen LogP contribution is -2.58. The first kappa shape index (κ1) is 15.5. The monoisotopic (exact) mass is 312 g/mol. The van der Waals surface area contributed by atoms with Gasteiger partial charge in [-0.25, -0.2) is 0 Å². The van der Waals surface area contributed by atoms with Crippen molar-refractivity contribution in [2.75, 3.05) is 11.9 Å². The zero-order chi connectivity index (χ0) is 14.9. The van der Waals surface area contributed by atoms with Gasteiger partial charge in [-0.3, -0.25) is 0 Å². The summed E-state index contributed by atoms with van der Waals surface area (Å²) >= 11 is 11.1. The quantitative estimate of drug-likeness (QED) is 0.816. The molecule has 1 aromatic rings. The first-order valence-corrected chi connectivity index (χ1v) is 7.62. The van der Waals surface area contributed by atoms with Crippen molar-refractivity contribution in [2.24, 2.45) is 11.1 Å². The molecule has 0 radical (unpaired) electrons. The Morgan fingerprint density at radius 3 is 2.80 bits per heavy atom. The van der Waals surface area contributed by atoms with Crippen LogP contribution in [0, 0.1) is 5.41 Å². The molecular formula is C15H21ClN2OS. The summed E-state index contributed by atoms with van der Waals surface area (Å²) in [7, 11) is 0. The zero-order valence-corrected chi connectivity index (χ0v) is 13.6. The van der Waals surface area contributed by atoms with Crippen molar-refractivity contribution in [1.29, 1.82) is 0 Å². The van der Waals surface area contributed by atoms with Crippen LogP contribution in [-0.2, 0) is 4.74 Å². The average molecular weight is 313 g/mol. The molecule has 0 spiro atoms. The van der Waals surface area contributed by atoms with E-state index in [2.05, 4.69) is 19.2 Å². The van der Waals surface area contributed by atoms with Gasteiger partial charge in [0.15, 0.2) is 0 Å². The third-order valence-corrected chi connectivity index (χ3v) is 4.58. The molecule has 2 unspecified atom stereocenters. The van der Waals surface area contributed by atoms with Crippen LogP contribution in [0.25, 0.3) is 0 Å². The number of hydrogen-bond acceptors (Lipinski definition) is 3. The predicted octanol–water partition coefficient (Wildman–Crippen LogP) is 3.59. The summed E-state index contributed by atoms with van der Waals surface area (Å²) in [6, 6.07) is 5.92. The van der Waals surface area contributed by atoms with E-state index in [0.717, 1.165) is 24.3 Å². The van der Waals surface area contributed by atoms with Gasteiger partial charge in [-0.2, -0.15) is 0 Å². The summed E-state index contributed by atoms with van der Waals surface area (Å²) in [6.45, 7) is 7.20. The largest absolute Gasteiger partial charge is 0.389 e. The van der Waals surface area contributed by atoms with Gasteiger partial charge < -0.3 is 15.8 Å². The molecule has 2 atom stereocenters. The average Bonchev–Trinajstić information content (AvgIpc) is 2.39. The maximum Gasteiger partial charge on any atom is 0.106 e. The van der Waals surface area contributed by atoms with E-state index in [-0.39, 0.29) is 5.41 Å². The third kappa shape index (κ3) is 2.92. The Morgan fingerprint density at radius 2 is 2.25 bits per heavy atom.